The molecule has 1 unspecified atom stereocenters. The molecular weight excluding hydrogens is 241 g/mol. The molecule has 0 radical (unpaired) electrons. The molecule has 1 atom stereocenters. The summed E-state index contributed by atoms with van der Waals surface area (Å²) in [5.41, 5.74) is 8.57. The summed E-state index contributed by atoms with van der Waals surface area (Å²) in [6, 6.07) is 12.5. The van der Waals surface area contributed by atoms with Gasteiger partial charge in [-0.2, -0.15) is 0 Å². The van der Waals surface area contributed by atoms with Gasteiger partial charge in [-0.1, -0.05) is 24.3 Å². The Morgan fingerprint density at radius 3 is 2.68 bits per heavy atom. The lowest BCUT2D eigenvalue weighted by molar-refractivity contribution is 0.414. The predicted molar refractivity (Wildman–Crippen MR) is 74.8 cm³/mol. The summed E-state index contributed by atoms with van der Waals surface area (Å²) in [7, 11) is 1.62. The molecule has 0 spiro atoms. The standard InChI is InChI=1S/C16H18FNO/c1-11-6-7-14(15(17)8-11)16(18)10-12-4-3-5-13(9-12)19-2/h3-9,16H,10,18H2,1-2H3. The molecule has 2 rings (SSSR count). The van der Waals surface area contributed by atoms with Crippen molar-refractivity contribution in [1.82, 2.24) is 0 Å². The number of ether oxygens (including phenoxy) is 1. The first-order chi connectivity index (χ1) is 9.10. The van der Waals surface area contributed by atoms with Gasteiger partial charge in [-0.3, -0.25) is 0 Å². The fourth-order valence-electron chi connectivity index (χ4n) is 2.10. The summed E-state index contributed by atoms with van der Waals surface area (Å²) < 4.78 is 19.0. The predicted octanol–water partition coefficient (Wildman–Crippen LogP) is 3.39. The zero-order valence-corrected chi connectivity index (χ0v) is 11.2. The topological polar surface area (TPSA) is 35.2 Å². The Morgan fingerprint density at radius 2 is 2.00 bits per heavy atom. The van der Waals surface area contributed by atoms with Crippen molar-refractivity contribution in [2.45, 2.75) is 19.4 Å². The maximum Gasteiger partial charge on any atom is 0.128 e. The van der Waals surface area contributed by atoms with Gasteiger partial charge in [0.15, 0.2) is 0 Å². The molecule has 0 aromatic heterocycles. The van der Waals surface area contributed by atoms with E-state index in [4.69, 9.17) is 10.5 Å². The van der Waals surface area contributed by atoms with Crippen molar-refractivity contribution in [3.05, 3.63) is 65.0 Å². The lowest BCUT2D eigenvalue weighted by Gasteiger charge is -2.14. The van der Waals surface area contributed by atoms with Gasteiger partial charge in [-0.05, 0) is 42.7 Å². The quantitative estimate of drug-likeness (QED) is 0.913. The normalized spacial score (nSPS) is 12.2. The Hall–Kier alpha value is -1.87. The van der Waals surface area contributed by atoms with Gasteiger partial charge >= 0.3 is 0 Å². The Labute approximate surface area is 113 Å². The Kier molecular flexibility index (Phi) is 4.17. The van der Waals surface area contributed by atoms with Gasteiger partial charge in [0.1, 0.15) is 11.6 Å². The van der Waals surface area contributed by atoms with E-state index in [1.165, 1.54) is 6.07 Å². The van der Waals surface area contributed by atoms with E-state index in [1.54, 1.807) is 13.2 Å². The molecule has 0 saturated carbocycles. The molecule has 2 N–H and O–H groups in total. The molecule has 0 fully saturated rings. The summed E-state index contributed by atoms with van der Waals surface area (Å²) in [5, 5.41) is 0. The highest BCUT2D eigenvalue weighted by Crippen LogP contribution is 2.22. The van der Waals surface area contributed by atoms with Crippen LogP contribution in [0.25, 0.3) is 0 Å². The number of nitrogens with two attached hydrogens (primary N) is 1. The van der Waals surface area contributed by atoms with Gasteiger partial charge in [0, 0.05) is 11.6 Å². The third-order valence-corrected chi connectivity index (χ3v) is 3.15. The minimum absolute atomic E-state index is 0.240. The van der Waals surface area contributed by atoms with Crippen molar-refractivity contribution in [3.63, 3.8) is 0 Å². The van der Waals surface area contributed by atoms with Crippen molar-refractivity contribution in [1.29, 1.82) is 0 Å². The van der Waals surface area contributed by atoms with E-state index in [1.807, 2.05) is 37.3 Å². The van der Waals surface area contributed by atoms with Gasteiger partial charge in [-0.15, -0.1) is 0 Å². The fraction of sp³-hybridized carbons (Fsp3) is 0.250. The first-order valence-electron chi connectivity index (χ1n) is 6.24. The van der Waals surface area contributed by atoms with Crippen LogP contribution in [-0.4, -0.2) is 7.11 Å². The molecule has 0 heterocycles. The van der Waals surface area contributed by atoms with Gasteiger partial charge < -0.3 is 10.5 Å². The van der Waals surface area contributed by atoms with E-state index in [0.29, 0.717) is 12.0 Å². The van der Waals surface area contributed by atoms with Crippen LogP contribution in [0.4, 0.5) is 4.39 Å². The van der Waals surface area contributed by atoms with Crippen LogP contribution in [0, 0.1) is 12.7 Å². The van der Waals surface area contributed by atoms with E-state index in [2.05, 4.69) is 0 Å². The van der Waals surface area contributed by atoms with Gasteiger partial charge in [0.25, 0.3) is 0 Å². The second kappa shape index (κ2) is 5.85. The van der Waals surface area contributed by atoms with Gasteiger partial charge in [-0.25, -0.2) is 4.39 Å². The zero-order valence-electron chi connectivity index (χ0n) is 11.2. The summed E-state index contributed by atoms with van der Waals surface area (Å²) in [6.45, 7) is 1.86. The average Bonchev–Trinajstić information content (AvgIpc) is 2.38. The van der Waals surface area contributed by atoms with Crippen LogP contribution in [0.15, 0.2) is 42.5 Å². The summed E-state index contributed by atoms with van der Waals surface area (Å²) in [5.74, 6) is 0.546. The van der Waals surface area contributed by atoms with E-state index >= 15 is 0 Å². The molecule has 0 bridgehead atoms. The number of rotatable bonds is 4. The molecule has 2 aromatic rings. The zero-order chi connectivity index (χ0) is 13.8. The van der Waals surface area contributed by atoms with Crippen molar-refractivity contribution < 1.29 is 9.13 Å². The first kappa shape index (κ1) is 13.6. The molecule has 2 aromatic carbocycles. The Balaban J connectivity index is 2.17. The minimum atomic E-state index is -0.354. The molecule has 0 aliphatic heterocycles. The summed E-state index contributed by atoms with van der Waals surface area (Å²) in [6.07, 6.45) is 0.581. The number of benzene rings is 2. The summed E-state index contributed by atoms with van der Waals surface area (Å²) >= 11 is 0. The number of hydrogen-bond donors (Lipinski definition) is 1. The average molecular weight is 259 g/mol. The molecule has 3 heteroatoms. The van der Waals surface area contributed by atoms with Crippen molar-refractivity contribution in [2.75, 3.05) is 7.11 Å². The second-order valence-electron chi connectivity index (χ2n) is 4.69. The lowest BCUT2D eigenvalue weighted by Crippen LogP contribution is -2.15. The highest BCUT2D eigenvalue weighted by molar-refractivity contribution is 5.31. The van der Waals surface area contributed by atoms with E-state index < -0.39 is 0 Å². The molecule has 2 nitrogen and oxygen atoms in total. The maximum atomic E-state index is 13.8. The van der Waals surface area contributed by atoms with Crippen LogP contribution in [0.2, 0.25) is 0 Å². The largest absolute Gasteiger partial charge is 0.497 e. The van der Waals surface area contributed by atoms with E-state index in [-0.39, 0.29) is 11.9 Å². The van der Waals surface area contributed by atoms with Crippen LogP contribution in [-0.2, 0) is 6.42 Å². The smallest absolute Gasteiger partial charge is 0.128 e. The SMILES string of the molecule is COc1cccc(CC(N)c2ccc(C)cc2F)c1. The molecule has 0 amide bonds. The maximum absolute atomic E-state index is 13.8. The minimum Gasteiger partial charge on any atom is -0.497 e. The molecule has 100 valence electrons. The third kappa shape index (κ3) is 3.32. The van der Waals surface area contributed by atoms with E-state index in [9.17, 15) is 4.39 Å². The van der Waals surface area contributed by atoms with Crippen molar-refractivity contribution in [3.8, 4) is 5.75 Å². The number of methoxy groups -OCH3 is 1. The van der Waals surface area contributed by atoms with Crippen molar-refractivity contribution >= 4 is 0 Å². The lowest BCUT2D eigenvalue weighted by atomic mass is 9.98. The van der Waals surface area contributed by atoms with Crippen LogP contribution in [0.1, 0.15) is 22.7 Å². The summed E-state index contributed by atoms with van der Waals surface area (Å²) in [4.78, 5) is 0. The molecular formula is C16H18FNO. The van der Waals surface area contributed by atoms with Crippen LogP contribution < -0.4 is 10.5 Å². The van der Waals surface area contributed by atoms with Crippen molar-refractivity contribution in [2.24, 2.45) is 5.73 Å². The van der Waals surface area contributed by atoms with Crippen LogP contribution >= 0.6 is 0 Å². The Bertz CT molecular complexity index is 568. The highest BCUT2D eigenvalue weighted by atomic mass is 19.1. The molecule has 0 aliphatic carbocycles. The highest BCUT2D eigenvalue weighted by Gasteiger charge is 2.12. The number of halogens is 1. The van der Waals surface area contributed by atoms with Gasteiger partial charge in [0.05, 0.1) is 7.11 Å². The first-order valence-corrected chi connectivity index (χ1v) is 6.24. The number of aryl methyl sites for hydroxylation is 1. The Morgan fingerprint density at radius 1 is 1.21 bits per heavy atom. The van der Waals surface area contributed by atoms with Crippen LogP contribution in [0.5, 0.6) is 5.75 Å². The number of hydrogen-bond acceptors (Lipinski definition) is 2. The molecule has 0 aliphatic rings. The van der Waals surface area contributed by atoms with Crippen LogP contribution in [0.3, 0.4) is 0 Å². The third-order valence-electron chi connectivity index (χ3n) is 3.15. The monoisotopic (exact) mass is 259 g/mol. The van der Waals surface area contributed by atoms with Gasteiger partial charge in [0.2, 0.25) is 0 Å². The van der Waals surface area contributed by atoms with E-state index in [0.717, 1.165) is 16.9 Å². The molecule has 19 heavy (non-hydrogen) atoms. The fourth-order valence-corrected chi connectivity index (χ4v) is 2.10. The molecule has 0 saturated heterocycles. The second-order valence-corrected chi connectivity index (χ2v) is 4.69.